The van der Waals surface area contributed by atoms with Crippen LogP contribution in [0.1, 0.15) is 86.2 Å². The maximum atomic E-state index is 6.07. The summed E-state index contributed by atoms with van der Waals surface area (Å²) in [7, 11) is 0. The standard InChI is InChI=1S/C31H35N3O/c1-2-8-24(7-1)28-16-17-29(33-28)25-14-12-22(13-15-25)20-35-21-23-6-5-11-27(18-23)30-19-32-31(34-30)26-9-3-4-10-26/h5-6,11-15,17-19,24,26H,1-4,7-10,16,20-21H2,(H,32,34). The minimum absolute atomic E-state index is 0.597. The Morgan fingerprint density at radius 1 is 0.800 bits per heavy atom. The summed E-state index contributed by atoms with van der Waals surface area (Å²) < 4.78 is 6.07. The SMILES string of the molecule is C1=C(c2ccc(COCc3cccc(-c4cnc(C5CCCC5)[nH]4)c3)cc2)N=C(C2CCCC2)C1. The second-order valence-corrected chi connectivity index (χ2v) is 10.4. The van der Waals surface area contributed by atoms with Crippen molar-refractivity contribution in [2.45, 2.75) is 76.9 Å². The van der Waals surface area contributed by atoms with Gasteiger partial charge in [-0.1, -0.05) is 74.2 Å². The number of H-pyrrole nitrogens is 1. The third-order valence-electron chi connectivity index (χ3n) is 7.96. The first kappa shape index (κ1) is 22.5. The Morgan fingerprint density at radius 2 is 1.54 bits per heavy atom. The molecule has 1 aromatic heterocycles. The molecule has 2 fully saturated rings. The number of benzene rings is 2. The van der Waals surface area contributed by atoms with E-state index in [1.807, 2.05) is 6.20 Å². The van der Waals surface area contributed by atoms with Crippen LogP contribution in [0, 0.1) is 5.92 Å². The summed E-state index contributed by atoms with van der Waals surface area (Å²) in [6.45, 7) is 1.20. The van der Waals surface area contributed by atoms with Gasteiger partial charge in [-0.3, -0.25) is 4.99 Å². The summed E-state index contributed by atoms with van der Waals surface area (Å²) in [5.41, 5.74) is 8.41. The monoisotopic (exact) mass is 465 g/mol. The molecule has 0 saturated heterocycles. The highest BCUT2D eigenvalue weighted by molar-refractivity contribution is 5.97. The maximum absolute atomic E-state index is 6.07. The van der Waals surface area contributed by atoms with Crippen molar-refractivity contribution in [3.8, 4) is 11.3 Å². The molecule has 2 saturated carbocycles. The number of aliphatic imine (C=N–C) groups is 1. The van der Waals surface area contributed by atoms with Crippen molar-refractivity contribution < 1.29 is 4.74 Å². The number of aromatic nitrogens is 2. The van der Waals surface area contributed by atoms with Gasteiger partial charge >= 0.3 is 0 Å². The van der Waals surface area contributed by atoms with Gasteiger partial charge in [0.05, 0.1) is 30.8 Å². The van der Waals surface area contributed by atoms with Gasteiger partial charge in [0.15, 0.2) is 0 Å². The van der Waals surface area contributed by atoms with Crippen LogP contribution in [0.3, 0.4) is 0 Å². The number of hydrogen-bond acceptors (Lipinski definition) is 3. The number of ether oxygens (including phenoxy) is 1. The molecule has 1 N–H and O–H groups in total. The lowest BCUT2D eigenvalue weighted by Gasteiger charge is -2.08. The van der Waals surface area contributed by atoms with E-state index in [-0.39, 0.29) is 0 Å². The summed E-state index contributed by atoms with van der Waals surface area (Å²) >= 11 is 0. The predicted molar refractivity (Wildman–Crippen MR) is 142 cm³/mol. The van der Waals surface area contributed by atoms with Gasteiger partial charge in [0.25, 0.3) is 0 Å². The fourth-order valence-electron chi connectivity index (χ4n) is 5.92. The van der Waals surface area contributed by atoms with Gasteiger partial charge < -0.3 is 9.72 Å². The van der Waals surface area contributed by atoms with Crippen LogP contribution >= 0.6 is 0 Å². The molecule has 1 aliphatic heterocycles. The molecule has 0 radical (unpaired) electrons. The molecule has 6 rings (SSSR count). The third-order valence-corrected chi connectivity index (χ3v) is 7.96. The Labute approximate surface area is 208 Å². The average molecular weight is 466 g/mol. The Kier molecular flexibility index (Phi) is 6.64. The number of rotatable bonds is 8. The van der Waals surface area contributed by atoms with Gasteiger partial charge in [0.1, 0.15) is 5.82 Å². The van der Waals surface area contributed by atoms with Crippen molar-refractivity contribution in [3.05, 3.63) is 83.3 Å². The normalized spacial score (nSPS) is 18.9. The third kappa shape index (κ3) is 5.18. The van der Waals surface area contributed by atoms with Crippen molar-refractivity contribution in [1.29, 1.82) is 0 Å². The van der Waals surface area contributed by atoms with E-state index < -0.39 is 0 Å². The van der Waals surface area contributed by atoms with E-state index in [9.17, 15) is 0 Å². The zero-order valence-electron chi connectivity index (χ0n) is 20.5. The molecular weight excluding hydrogens is 430 g/mol. The fraction of sp³-hybridized carbons (Fsp3) is 0.419. The highest BCUT2D eigenvalue weighted by Crippen LogP contribution is 2.34. The van der Waals surface area contributed by atoms with Crippen molar-refractivity contribution in [1.82, 2.24) is 9.97 Å². The average Bonchev–Trinajstić information content (AvgIpc) is 3.71. The molecule has 0 spiro atoms. The van der Waals surface area contributed by atoms with Gasteiger partial charge in [0, 0.05) is 18.1 Å². The molecule has 35 heavy (non-hydrogen) atoms. The number of allylic oxidation sites excluding steroid dienone is 1. The number of hydrogen-bond donors (Lipinski definition) is 1. The first-order chi connectivity index (χ1) is 17.3. The van der Waals surface area contributed by atoms with Gasteiger partial charge in [-0.25, -0.2) is 4.98 Å². The highest BCUT2D eigenvalue weighted by Gasteiger charge is 2.23. The van der Waals surface area contributed by atoms with E-state index in [4.69, 9.17) is 9.73 Å². The summed E-state index contributed by atoms with van der Waals surface area (Å²) in [6.07, 6.45) is 15.8. The number of nitrogens with zero attached hydrogens (tertiary/aromatic N) is 2. The zero-order chi connectivity index (χ0) is 23.5. The molecule has 4 nitrogen and oxygen atoms in total. The molecule has 0 amide bonds. The number of nitrogens with one attached hydrogen (secondary N) is 1. The smallest absolute Gasteiger partial charge is 0.109 e. The molecular formula is C31H35N3O. The Morgan fingerprint density at radius 3 is 2.34 bits per heavy atom. The minimum Gasteiger partial charge on any atom is -0.372 e. The van der Waals surface area contributed by atoms with Crippen LogP contribution in [0.5, 0.6) is 0 Å². The molecule has 3 aliphatic rings. The quantitative estimate of drug-likeness (QED) is 0.368. The van der Waals surface area contributed by atoms with E-state index in [2.05, 4.69) is 64.6 Å². The van der Waals surface area contributed by atoms with Crippen LogP contribution in [0.15, 0.2) is 65.8 Å². The molecule has 2 aromatic carbocycles. The van der Waals surface area contributed by atoms with Gasteiger partial charge in [-0.15, -0.1) is 0 Å². The number of imidazole rings is 1. The van der Waals surface area contributed by atoms with E-state index in [1.54, 1.807) is 0 Å². The van der Waals surface area contributed by atoms with Crippen LogP contribution in [-0.2, 0) is 18.0 Å². The molecule has 3 aromatic rings. The highest BCUT2D eigenvalue weighted by atomic mass is 16.5. The van der Waals surface area contributed by atoms with E-state index in [0.29, 0.717) is 19.1 Å². The summed E-state index contributed by atoms with van der Waals surface area (Å²) in [5.74, 6) is 2.47. The maximum Gasteiger partial charge on any atom is 0.109 e. The molecule has 0 bridgehead atoms. The van der Waals surface area contributed by atoms with Crippen molar-refractivity contribution >= 4 is 11.4 Å². The second kappa shape index (κ2) is 10.3. The molecule has 2 aliphatic carbocycles. The van der Waals surface area contributed by atoms with Crippen molar-refractivity contribution in [2.75, 3.05) is 0 Å². The molecule has 180 valence electrons. The number of aromatic amines is 1. The molecule has 4 heteroatoms. The lowest BCUT2D eigenvalue weighted by Crippen LogP contribution is -2.07. The van der Waals surface area contributed by atoms with Gasteiger partial charge in [0.2, 0.25) is 0 Å². The lowest BCUT2D eigenvalue weighted by atomic mass is 10.0. The van der Waals surface area contributed by atoms with Crippen LogP contribution in [-0.4, -0.2) is 15.7 Å². The Balaban J connectivity index is 1.03. The van der Waals surface area contributed by atoms with Gasteiger partial charge in [-0.05, 0) is 59.9 Å². The predicted octanol–water partition coefficient (Wildman–Crippen LogP) is 7.83. The molecule has 0 unspecified atom stereocenters. The minimum atomic E-state index is 0.597. The molecule has 2 heterocycles. The van der Waals surface area contributed by atoms with Crippen molar-refractivity contribution in [3.63, 3.8) is 0 Å². The Hall–Kier alpha value is -2.98. The second-order valence-electron chi connectivity index (χ2n) is 10.4. The lowest BCUT2D eigenvalue weighted by molar-refractivity contribution is 0.107. The largest absolute Gasteiger partial charge is 0.372 e. The molecule has 0 atom stereocenters. The Bertz CT molecular complexity index is 1210. The summed E-state index contributed by atoms with van der Waals surface area (Å²) in [4.78, 5) is 13.2. The van der Waals surface area contributed by atoms with Crippen molar-refractivity contribution in [2.24, 2.45) is 10.9 Å². The summed E-state index contributed by atoms with van der Waals surface area (Å²) in [5, 5.41) is 0. The van der Waals surface area contributed by atoms with E-state index in [1.165, 1.54) is 79.3 Å². The fourth-order valence-corrected chi connectivity index (χ4v) is 5.92. The zero-order valence-corrected chi connectivity index (χ0v) is 20.5. The first-order valence-corrected chi connectivity index (χ1v) is 13.4. The van der Waals surface area contributed by atoms with E-state index in [0.717, 1.165) is 29.6 Å². The van der Waals surface area contributed by atoms with Crippen LogP contribution < -0.4 is 0 Å². The first-order valence-electron chi connectivity index (χ1n) is 13.4. The topological polar surface area (TPSA) is 50.3 Å². The van der Waals surface area contributed by atoms with Gasteiger partial charge in [-0.2, -0.15) is 0 Å². The van der Waals surface area contributed by atoms with Crippen LogP contribution in [0.25, 0.3) is 17.0 Å². The van der Waals surface area contributed by atoms with Crippen LogP contribution in [0.4, 0.5) is 0 Å². The van der Waals surface area contributed by atoms with E-state index >= 15 is 0 Å². The van der Waals surface area contributed by atoms with Crippen LogP contribution in [0.2, 0.25) is 0 Å². The summed E-state index contributed by atoms with van der Waals surface area (Å²) in [6, 6.07) is 17.3.